The zero-order valence-electron chi connectivity index (χ0n) is 14.4. The zero-order chi connectivity index (χ0) is 14.9. The average Bonchev–Trinajstić information content (AvgIpc) is 2.46. The van der Waals surface area contributed by atoms with Gasteiger partial charge >= 0.3 is 0 Å². The van der Waals surface area contributed by atoms with Crippen LogP contribution in [-0.2, 0) is 4.74 Å². The van der Waals surface area contributed by atoms with E-state index in [1.54, 1.807) is 0 Å². The van der Waals surface area contributed by atoms with Crippen LogP contribution in [0.3, 0.4) is 0 Å². The molecule has 1 unspecified atom stereocenters. The standard InChI is InChI=1S/C18H39NO/c1-4-7-8-9-10-11-12-13-14-15-16-18(19-5-2)17-20-6-3/h18-19H,4-17H2,1-3H3. The summed E-state index contributed by atoms with van der Waals surface area (Å²) in [5.74, 6) is 0. The molecule has 122 valence electrons. The molecule has 0 aromatic rings. The molecule has 2 heteroatoms. The highest BCUT2D eigenvalue weighted by molar-refractivity contribution is 4.65. The van der Waals surface area contributed by atoms with Crippen molar-refractivity contribution in [3.8, 4) is 0 Å². The van der Waals surface area contributed by atoms with Gasteiger partial charge in [-0.2, -0.15) is 0 Å². The first-order chi connectivity index (χ1) is 9.85. The molecule has 1 N–H and O–H groups in total. The van der Waals surface area contributed by atoms with Gasteiger partial charge in [0.25, 0.3) is 0 Å². The van der Waals surface area contributed by atoms with Gasteiger partial charge in [-0.15, -0.1) is 0 Å². The second kappa shape index (κ2) is 17.0. The van der Waals surface area contributed by atoms with E-state index in [0.717, 1.165) is 19.8 Å². The maximum atomic E-state index is 5.53. The van der Waals surface area contributed by atoms with E-state index in [4.69, 9.17) is 4.74 Å². The SMILES string of the molecule is CCCCCCCCCCCCC(COCC)NCC. The Morgan fingerprint density at radius 2 is 1.30 bits per heavy atom. The molecule has 0 saturated heterocycles. The van der Waals surface area contributed by atoms with Gasteiger partial charge < -0.3 is 10.1 Å². The number of ether oxygens (including phenoxy) is 1. The molecule has 0 aromatic carbocycles. The second-order valence-corrected chi connectivity index (χ2v) is 5.88. The largest absolute Gasteiger partial charge is 0.380 e. The summed E-state index contributed by atoms with van der Waals surface area (Å²) >= 11 is 0. The molecule has 20 heavy (non-hydrogen) atoms. The van der Waals surface area contributed by atoms with Gasteiger partial charge in [-0.3, -0.25) is 0 Å². The molecule has 1 atom stereocenters. The van der Waals surface area contributed by atoms with Gasteiger partial charge in [-0.05, 0) is 19.9 Å². The van der Waals surface area contributed by atoms with E-state index in [2.05, 4.69) is 26.1 Å². The van der Waals surface area contributed by atoms with Crippen LogP contribution in [0.5, 0.6) is 0 Å². The minimum atomic E-state index is 0.564. The Hall–Kier alpha value is -0.0800. The fourth-order valence-corrected chi connectivity index (χ4v) is 2.67. The van der Waals surface area contributed by atoms with E-state index in [9.17, 15) is 0 Å². The van der Waals surface area contributed by atoms with Crippen molar-refractivity contribution in [2.75, 3.05) is 19.8 Å². The van der Waals surface area contributed by atoms with Gasteiger partial charge in [-0.1, -0.05) is 78.1 Å². The summed E-state index contributed by atoms with van der Waals surface area (Å²) in [4.78, 5) is 0. The lowest BCUT2D eigenvalue weighted by Gasteiger charge is -2.17. The zero-order valence-corrected chi connectivity index (χ0v) is 14.4. The predicted octanol–water partition coefficient (Wildman–Crippen LogP) is 5.31. The van der Waals surface area contributed by atoms with Gasteiger partial charge in [0.15, 0.2) is 0 Å². The fourth-order valence-electron chi connectivity index (χ4n) is 2.67. The van der Waals surface area contributed by atoms with Gasteiger partial charge in [-0.25, -0.2) is 0 Å². The van der Waals surface area contributed by atoms with E-state index in [1.807, 2.05) is 0 Å². The topological polar surface area (TPSA) is 21.3 Å². The van der Waals surface area contributed by atoms with Crippen molar-refractivity contribution in [2.45, 2.75) is 97.4 Å². The Balaban J connectivity index is 3.27. The molecule has 0 bridgehead atoms. The minimum absolute atomic E-state index is 0.564. The molecular formula is C18H39NO. The van der Waals surface area contributed by atoms with Crippen LogP contribution in [0, 0.1) is 0 Å². The third-order valence-electron chi connectivity index (χ3n) is 3.92. The lowest BCUT2D eigenvalue weighted by Crippen LogP contribution is -2.33. The monoisotopic (exact) mass is 285 g/mol. The summed E-state index contributed by atoms with van der Waals surface area (Å²) in [6, 6.07) is 0.564. The first-order valence-corrected chi connectivity index (χ1v) is 9.16. The van der Waals surface area contributed by atoms with Crippen molar-refractivity contribution in [2.24, 2.45) is 0 Å². The summed E-state index contributed by atoms with van der Waals surface area (Å²) in [5.41, 5.74) is 0. The first kappa shape index (κ1) is 19.9. The van der Waals surface area contributed by atoms with E-state index >= 15 is 0 Å². The van der Waals surface area contributed by atoms with Crippen LogP contribution in [0.15, 0.2) is 0 Å². The summed E-state index contributed by atoms with van der Waals surface area (Å²) in [5, 5.41) is 3.52. The lowest BCUT2D eigenvalue weighted by molar-refractivity contribution is 0.119. The Bertz CT molecular complexity index is 173. The van der Waals surface area contributed by atoms with Crippen LogP contribution in [0.1, 0.15) is 91.4 Å². The number of hydrogen-bond acceptors (Lipinski definition) is 2. The third kappa shape index (κ3) is 14.3. The fraction of sp³-hybridized carbons (Fsp3) is 1.00. The van der Waals surface area contributed by atoms with Crippen LogP contribution >= 0.6 is 0 Å². The van der Waals surface area contributed by atoms with Crippen molar-refractivity contribution in [1.29, 1.82) is 0 Å². The molecule has 0 fully saturated rings. The molecule has 0 spiro atoms. The summed E-state index contributed by atoms with van der Waals surface area (Å²) in [6.45, 7) is 9.30. The molecule has 0 aromatic heterocycles. The van der Waals surface area contributed by atoms with E-state index in [-0.39, 0.29) is 0 Å². The third-order valence-corrected chi connectivity index (χ3v) is 3.92. The van der Waals surface area contributed by atoms with Gasteiger partial charge in [0.2, 0.25) is 0 Å². The number of nitrogens with one attached hydrogen (secondary N) is 1. The van der Waals surface area contributed by atoms with E-state index in [1.165, 1.54) is 70.6 Å². The molecule has 0 amide bonds. The molecule has 0 rings (SSSR count). The van der Waals surface area contributed by atoms with Crippen molar-refractivity contribution >= 4 is 0 Å². The quantitative estimate of drug-likeness (QED) is 0.388. The smallest absolute Gasteiger partial charge is 0.0619 e. The van der Waals surface area contributed by atoms with Crippen LogP contribution < -0.4 is 5.32 Å². The second-order valence-electron chi connectivity index (χ2n) is 5.88. The Kier molecular flexibility index (Phi) is 16.9. The van der Waals surface area contributed by atoms with Crippen molar-refractivity contribution in [3.63, 3.8) is 0 Å². The maximum Gasteiger partial charge on any atom is 0.0619 e. The number of hydrogen-bond donors (Lipinski definition) is 1. The van der Waals surface area contributed by atoms with Crippen LogP contribution in [-0.4, -0.2) is 25.8 Å². The summed E-state index contributed by atoms with van der Waals surface area (Å²) in [7, 11) is 0. The van der Waals surface area contributed by atoms with Crippen molar-refractivity contribution in [3.05, 3.63) is 0 Å². The molecular weight excluding hydrogens is 246 g/mol. The summed E-state index contributed by atoms with van der Waals surface area (Å²) < 4.78 is 5.53. The van der Waals surface area contributed by atoms with Crippen LogP contribution in [0.4, 0.5) is 0 Å². The molecule has 0 aliphatic rings. The highest BCUT2D eigenvalue weighted by Crippen LogP contribution is 2.12. The number of unbranched alkanes of at least 4 members (excludes halogenated alkanes) is 9. The molecule has 0 saturated carbocycles. The minimum Gasteiger partial charge on any atom is -0.380 e. The lowest BCUT2D eigenvalue weighted by atomic mass is 10.0. The molecule has 0 aliphatic heterocycles. The molecule has 2 nitrogen and oxygen atoms in total. The van der Waals surface area contributed by atoms with Crippen LogP contribution in [0.2, 0.25) is 0 Å². The number of likely N-dealkylation sites (N-methyl/N-ethyl adjacent to an activating group) is 1. The Morgan fingerprint density at radius 3 is 1.80 bits per heavy atom. The average molecular weight is 286 g/mol. The predicted molar refractivity (Wildman–Crippen MR) is 90.4 cm³/mol. The highest BCUT2D eigenvalue weighted by Gasteiger charge is 2.06. The molecule has 0 aliphatic carbocycles. The molecule has 0 radical (unpaired) electrons. The molecule has 0 heterocycles. The van der Waals surface area contributed by atoms with Gasteiger partial charge in [0.05, 0.1) is 6.61 Å². The Labute approximate surface area is 128 Å². The first-order valence-electron chi connectivity index (χ1n) is 9.16. The summed E-state index contributed by atoms with van der Waals surface area (Å²) in [6.07, 6.45) is 15.4. The number of rotatable bonds is 16. The van der Waals surface area contributed by atoms with Crippen LogP contribution in [0.25, 0.3) is 0 Å². The van der Waals surface area contributed by atoms with E-state index in [0.29, 0.717) is 6.04 Å². The Morgan fingerprint density at radius 1 is 0.750 bits per heavy atom. The van der Waals surface area contributed by atoms with Gasteiger partial charge in [0.1, 0.15) is 0 Å². The highest BCUT2D eigenvalue weighted by atomic mass is 16.5. The van der Waals surface area contributed by atoms with Gasteiger partial charge in [0, 0.05) is 12.6 Å². The normalized spacial score (nSPS) is 12.8. The maximum absolute atomic E-state index is 5.53. The van der Waals surface area contributed by atoms with E-state index < -0.39 is 0 Å². The van der Waals surface area contributed by atoms with Crippen molar-refractivity contribution < 1.29 is 4.74 Å². The van der Waals surface area contributed by atoms with Crippen molar-refractivity contribution in [1.82, 2.24) is 5.32 Å².